The molecule has 2 heterocycles. The van der Waals surface area contributed by atoms with Crippen LogP contribution in [-0.2, 0) is 24.8 Å². The van der Waals surface area contributed by atoms with Gasteiger partial charge in [0.25, 0.3) is 20.0 Å². The topological polar surface area (TPSA) is 105 Å². The number of rotatable bonds is 21. The molecule has 11 heteroatoms. The van der Waals surface area contributed by atoms with E-state index >= 15 is 0 Å². The van der Waals surface area contributed by atoms with E-state index in [1.54, 1.807) is 7.11 Å². The van der Waals surface area contributed by atoms with Gasteiger partial charge >= 0.3 is 0 Å². The van der Waals surface area contributed by atoms with Gasteiger partial charge in [0.1, 0.15) is 8.42 Å². The summed E-state index contributed by atoms with van der Waals surface area (Å²) in [6, 6.07) is 1.23. The Balaban J connectivity index is 1.83. The highest BCUT2D eigenvalue weighted by Crippen LogP contribution is 2.40. The van der Waals surface area contributed by atoms with Gasteiger partial charge in [-0.05, 0) is 57.6 Å². The molecule has 0 aromatic carbocycles. The molecule has 0 unspecified atom stereocenters. The van der Waals surface area contributed by atoms with Crippen LogP contribution in [0, 0.1) is 0 Å². The molecule has 224 valence electrons. The minimum atomic E-state index is -3.95. The van der Waals surface area contributed by atoms with E-state index in [1.807, 2.05) is 6.92 Å². The molecule has 1 atom stereocenters. The normalized spacial score (nSPS) is 17.9. The Bertz CT molecular complexity index is 1100. The van der Waals surface area contributed by atoms with Crippen molar-refractivity contribution in [3.05, 3.63) is 23.8 Å². The Labute approximate surface area is 241 Å². The largest absolute Gasteiger partial charge is 0.385 e. The lowest BCUT2D eigenvalue weighted by Crippen LogP contribution is -2.43. The molecule has 39 heavy (non-hydrogen) atoms. The molecule has 0 aliphatic carbocycles. The highest BCUT2D eigenvalue weighted by Gasteiger charge is 2.39. The average molecular weight is 604 g/mol. The summed E-state index contributed by atoms with van der Waals surface area (Å²) >= 11 is 0.801. The molecular formula is C28H49N3O5S3. The Hall–Kier alpha value is -1.11. The second-order valence-electron chi connectivity index (χ2n) is 10.1. The first-order valence-corrected chi connectivity index (χ1v) is 18.3. The van der Waals surface area contributed by atoms with Gasteiger partial charge in [-0.15, -0.1) is 11.3 Å². The Morgan fingerprint density at radius 1 is 1.03 bits per heavy atom. The third-order valence-electron chi connectivity index (χ3n) is 6.81. The van der Waals surface area contributed by atoms with Crippen molar-refractivity contribution in [2.75, 3.05) is 33.4 Å². The molecule has 0 bridgehead atoms. The molecule has 1 aromatic heterocycles. The van der Waals surface area contributed by atoms with Gasteiger partial charge in [-0.3, -0.25) is 0 Å². The second-order valence-corrected chi connectivity index (χ2v) is 15.1. The van der Waals surface area contributed by atoms with Gasteiger partial charge < -0.3 is 10.1 Å². The van der Waals surface area contributed by atoms with Crippen LogP contribution in [0.15, 0.2) is 31.0 Å². The van der Waals surface area contributed by atoms with Gasteiger partial charge in [-0.1, -0.05) is 64.5 Å². The molecule has 8 nitrogen and oxygen atoms in total. The fourth-order valence-electron chi connectivity index (χ4n) is 4.63. The highest BCUT2D eigenvalue weighted by molar-refractivity contribution is 7.94. The van der Waals surface area contributed by atoms with E-state index in [2.05, 4.69) is 28.8 Å². The van der Waals surface area contributed by atoms with Crippen molar-refractivity contribution in [2.45, 2.75) is 112 Å². The number of methoxy groups -OCH3 is 1. The monoisotopic (exact) mass is 603 g/mol. The molecule has 0 saturated heterocycles. The number of nitrogens with one attached hydrogen (secondary N) is 1. The predicted octanol–water partition coefficient (Wildman–Crippen LogP) is 6.46. The van der Waals surface area contributed by atoms with Crippen LogP contribution in [0.4, 0.5) is 0 Å². The van der Waals surface area contributed by atoms with Crippen LogP contribution in [0.3, 0.4) is 0 Å². The van der Waals surface area contributed by atoms with Gasteiger partial charge in [0.2, 0.25) is 0 Å². The molecule has 0 amide bonds. The number of unbranched alkanes of at least 4 members (excludes halogenated alkanes) is 10. The summed E-state index contributed by atoms with van der Waals surface area (Å²) in [5, 5.41) is 3.30. The van der Waals surface area contributed by atoms with Gasteiger partial charge in [0.15, 0.2) is 0 Å². The van der Waals surface area contributed by atoms with E-state index < -0.39 is 20.0 Å². The predicted molar refractivity (Wildman–Crippen MR) is 162 cm³/mol. The maximum atomic E-state index is 13.2. The van der Waals surface area contributed by atoms with Crippen molar-refractivity contribution in [1.29, 1.82) is 0 Å². The Kier molecular flexibility index (Phi) is 16.0. The number of hydrogen-bond acceptors (Lipinski definition) is 7. The summed E-state index contributed by atoms with van der Waals surface area (Å²) < 4.78 is 62.7. The van der Waals surface area contributed by atoms with Gasteiger partial charge in [0.05, 0.1) is 0 Å². The summed E-state index contributed by atoms with van der Waals surface area (Å²) in [4.78, 5) is 0. The van der Waals surface area contributed by atoms with Gasteiger partial charge in [-0.25, -0.2) is 8.42 Å². The summed E-state index contributed by atoms with van der Waals surface area (Å²) in [6.45, 7) is 5.87. The van der Waals surface area contributed by atoms with E-state index in [4.69, 9.17) is 4.74 Å². The molecule has 1 aliphatic heterocycles. The van der Waals surface area contributed by atoms with Crippen LogP contribution >= 0.6 is 11.3 Å². The number of ether oxygens (including phenoxy) is 1. The smallest absolute Gasteiger partial charge is 0.291 e. The van der Waals surface area contributed by atoms with Crippen molar-refractivity contribution >= 4 is 37.6 Å². The van der Waals surface area contributed by atoms with Crippen LogP contribution in [0.1, 0.15) is 109 Å². The maximum Gasteiger partial charge on any atom is 0.291 e. The lowest BCUT2D eigenvalue weighted by molar-refractivity contribution is 0.185. The van der Waals surface area contributed by atoms with Crippen molar-refractivity contribution in [2.24, 2.45) is 4.40 Å². The molecule has 0 fully saturated rings. The minimum Gasteiger partial charge on any atom is -0.385 e. The first-order chi connectivity index (χ1) is 18.8. The zero-order valence-electron chi connectivity index (χ0n) is 24.1. The number of nitrogens with zero attached hydrogens (tertiary/aromatic N) is 2. The fraction of sp³-hybridized carbons (Fsp3) is 0.750. The summed E-state index contributed by atoms with van der Waals surface area (Å²) in [5.41, 5.74) is 0.518. The molecule has 0 spiro atoms. The van der Waals surface area contributed by atoms with Crippen molar-refractivity contribution in [3.63, 3.8) is 0 Å². The molecule has 1 aliphatic rings. The Morgan fingerprint density at radius 2 is 1.67 bits per heavy atom. The van der Waals surface area contributed by atoms with Crippen LogP contribution in [0.25, 0.3) is 0 Å². The van der Waals surface area contributed by atoms with Crippen molar-refractivity contribution in [1.82, 2.24) is 9.62 Å². The molecule has 0 radical (unpaired) electrons. The summed E-state index contributed by atoms with van der Waals surface area (Å²) in [6.07, 6.45) is 20.2. The SMILES string of the molecule is CCCCCC/C=C/CCCCCCC/C=N/S(=O)(=O)c1cc2c(s1)S(=O)(=O)N(CCCOC)C[C@@H]2NCC. The van der Waals surface area contributed by atoms with Crippen LogP contribution in [0.2, 0.25) is 0 Å². The van der Waals surface area contributed by atoms with E-state index in [9.17, 15) is 16.8 Å². The van der Waals surface area contributed by atoms with Crippen LogP contribution in [-0.4, -0.2) is 60.7 Å². The molecule has 1 aromatic rings. The van der Waals surface area contributed by atoms with E-state index in [1.165, 1.54) is 61.5 Å². The van der Waals surface area contributed by atoms with Gasteiger partial charge in [0, 0.05) is 44.6 Å². The first kappa shape index (κ1) is 34.1. The van der Waals surface area contributed by atoms with Crippen LogP contribution in [0.5, 0.6) is 0 Å². The van der Waals surface area contributed by atoms with E-state index in [0.29, 0.717) is 38.1 Å². The Morgan fingerprint density at radius 3 is 2.31 bits per heavy atom. The number of likely N-dealkylation sites (N-methyl/N-ethyl adjacent to an activating group) is 1. The fourth-order valence-corrected chi connectivity index (χ4v) is 9.41. The maximum absolute atomic E-state index is 13.2. The zero-order chi connectivity index (χ0) is 28.6. The average Bonchev–Trinajstić information content (AvgIpc) is 3.37. The third-order valence-corrected chi connectivity index (χ3v) is 12.1. The zero-order valence-corrected chi connectivity index (χ0v) is 26.5. The summed E-state index contributed by atoms with van der Waals surface area (Å²) in [5.74, 6) is 0. The number of hydrogen-bond donors (Lipinski definition) is 1. The van der Waals surface area contributed by atoms with E-state index in [0.717, 1.165) is 37.0 Å². The standard InChI is InChI=1S/C28H49N3O5S3/c1-4-6-7-8-9-10-11-12-13-14-15-16-17-18-20-30-38(32,33)27-23-25-26(29-5-2)24-31(21-19-22-36-3)39(34,35)28(25)37-27/h10-11,20,23,26,29H,4-9,12-19,21-22,24H2,1-3H3/b11-10+,30-20+/t26-/m0/s1. The molecule has 1 N–H and O–H groups in total. The number of fused-ring (bicyclic) bond motifs is 1. The molecule has 0 saturated carbocycles. The molecule has 2 rings (SSSR count). The van der Waals surface area contributed by atoms with Crippen molar-refractivity contribution < 1.29 is 21.6 Å². The third kappa shape index (κ3) is 11.4. The van der Waals surface area contributed by atoms with E-state index in [-0.39, 0.29) is 21.0 Å². The number of allylic oxidation sites excluding steroid dienone is 2. The lowest BCUT2D eigenvalue weighted by Gasteiger charge is -2.32. The first-order valence-electron chi connectivity index (χ1n) is 14.6. The van der Waals surface area contributed by atoms with Gasteiger partial charge in [-0.2, -0.15) is 17.1 Å². The number of thiophene rings is 1. The minimum absolute atomic E-state index is 0.0209. The lowest BCUT2D eigenvalue weighted by atomic mass is 10.1. The second kappa shape index (κ2) is 18.3. The summed E-state index contributed by atoms with van der Waals surface area (Å²) in [7, 11) is -6.14. The van der Waals surface area contributed by atoms with Crippen LogP contribution < -0.4 is 5.32 Å². The highest BCUT2D eigenvalue weighted by atomic mass is 32.3. The quantitative estimate of drug-likeness (QED) is 0.0983. The molecular weight excluding hydrogens is 555 g/mol. The number of sulfonamides is 2. The van der Waals surface area contributed by atoms with Crippen molar-refractivity contribution in [3.8, 4) is 0 Å².